The molecule has 2 aliphatic heterocycles. The van der Waals surface area contributed by atoms with Gasteiger partial charge in [0, 0.05) is 49.2 Å². The molecule has 2 saturated heterocycles. The minimum Gasteiger partial charge on any atom is -0.444 e. The van der Waals surface area contributed by atoms with Crippen LogP contribution < -0.4 is 5.32 Å². The van der Waals surface area contributed by atoms with E-state index in [1.807, 2.05) is 24.3 Å². The van der Waals surface area contributed by atoms with Gasteiger partial charge in [-0.25, -0.2) is 20.0 Å². The summed E-state index contributed by atoms with van der Waals surface area (Å²) in [5, 5.41) is 9.74. The highest BCUT2D eigenvalue weighted by molar-refractivity contribution is 5.94. The Balaban J connectivity index is 1.23. The normalized spacial score (nSPS) is 19.2. The van der Waals surface area contributed by atoms with E-state index in [-0.39, 0.29) is 11.8 Å². The highest BCUT2D eigenvalue weighted by Crippen LogP contribution is 2.26. The number of anilines is 1. The lowest BCUT2D eigenvalue weighted by Crippen LogP contribution is -2.52. The quantitative estimate of drug-likeness (QED) is 0.712. The summed E-state index contributed by atoms with van der Waals surface area (Å²) >= 11 is 0. The lowest BCUT2D eigenvalue weighted by Gasteiger charge is -2.41. The molecule has 8 heteroatoms. The average Bonchev–Trinajstić information content (AvgIpc) is 3.34. The molecule has 3 aromatic rings. The van der Waals surface area contributed by atoms with E-state index in [4.69, 9.17) is 9.15 Å². The Morgan fingerprint density at radius 3 is 2.57 bits per heavy atom. The van der Waals surface area contributed by atoms with Gasteiger partial charge in [0.05, 0.1) is 19.4 Å². The molecule has 156 valence electrons. The number of oxazole rings is 1. The Bertz CT molecular complexity index is 1010. The van der Waals surface area contributed by atoms with E-state index >= 15 is 0 Å². The minimum atomic E-state index is 0.0142. The number of morpholine rings is 1. The zero-order chi connectivity index (χ0) is 20.3. The van der Waals surface area contributed by atoms with Crippen molar-refractivity contribution in [3.63, 3.8) is 0 Å². The number of nitrogens with zero attached hydrogens (tertiary/aromatic N) is 4. The van der Waals surface area contributed by atoms with Gasteiger partial charge < -0.3 is 14.5 Å². The standard InChI is InChI=1S/C22H25N5O3/c28-22(16-3-5-26(6-4-16)27-7-9-29-10-8-27)25-21-12-19-11-17(20-14-23-15-30-20)1-2-18(19)13-24-21/h1-2,11-16H,3-10H2,(H,24,25,28). The van der Waals surface area contributed by atoms with Crippen LogP contribution in [-0.4, -0.2) is 65.3 Å². The molecular formula is C22H25N5O3. The van der Waals surface area contributed by atoms with Crippen molar-refractivity contribution in [2.75, 3.05) is 44.7 Å². The maximum atomic E-state index is 12.8. The summed E-state index contributed by atoms with van der Waals surface area (Å²) in [4.78, 5) is 21.2. The Morgan fingerprint density at radius 1 is 1.00 bits per heavy atom. The predicted octanol–water partition coefficient (Wildman–Crippen LogP) is 2.79. The number of nitrogens with one attached hydrogen (secondary N) is 1. The molecule has 0 spiro atoms. The summed E-state index contributed by atoms with van der Waals surface area (Å²) < 4.78 is 10.8. The lowest BCUT2D eigenvalue weighted by atomic mass is 9.96. The first-order valence-corrected chi connectivity index (χ1v) is 10.4. The fourth-order valence-electron chi connectivity index (χ4n) is 4.20. The number of hydrogen-bond acceptors (Lipinski definition) is 7. The number of amides is 1. The van der Waals surface area contributed by atoms with Crippen molar-refractivity contribution in [3.05, 3.63) is 43.1 Å². The number of benzene rings is 1. The molecule has 2 fully saturated rings. The van der Waals surface area contributed by atoms with Crippen LogP contribution in [0.5, 0.6) is 0 Å². The SMILES string of the molecule is O=C(Nc1cc2cc(-c3cnco3)ccc2cn1)C1CCN(N2CCOCC2)CC1. The number of hydrogen-bond donors (Lipinski definition) is 1. The third kappa shape index (κ3) is 4.07. The molecule has 8 nitrogen and oxygen atoms in total. The Hall–Kier alpha value is -2.81. The molecule has 0 saturated carbocycles. The largest absolute Gasteiger partial charge is 0.444 e. The van der Waals surface area contributed by atoms with Gasteiger partial charge in [-0.1, -0.05) is 12.1 Å². The summed E-state index contributed by atoms with van der Waals surface area (Å²) in [6.45, 7) is 5.26. The third-order valence-corrected chi connectivity index (χ3v) is 5.92. The summed E-state index contributed by atoms with van der Waals surface area (Å²) in [6, 6.07) is 7.90. The van der Waals surface area contributed by atoms with Crippen LogP contribution in [-0.2, 0) is 9.53 Å². The second kappa shape index (κ2) is 8.51. The van der Waals surface area contributed by atoms with Crippen molar-refractivity contribution in [2.24, 2.45) is 5.92 Å². The number of pyridine rings is 1. The van der Waals surface area contributed by atoms with Crippen LogP contribution in [0.4, 0.5) is 5.82 Å². The van der Waals surface area contributed by atoms with Gasteiger partial charge in [-0.05, 0) is 30.4 Å². The number of hydrazine groups is 1. The molecule has 30 heavy (non-hydrogen) atoms. The van der Waals surface area contributed by atoms with Crippen molar-refractivity contribution < 1.29 is 13.9 Å². The topological polar surface area (TPSA) is 83.7 Å². The number of piperidine rings is 1. The number of rotatable bonds is 4. The molecule has 0 atom stereocenters. The smallest absolute Gasteiger partial charge is 0.228 e. The minimum absolute atomic E-state index is 0.0142. The van der Waals surface area contributed by atoms with Crippen LogP contribution in [0.2, 0.25) is 0 Å². The third-order valence-electron chi connectivity index (χ3n) is 5.92. The van der Waals surface area contributed by atoms with Gasteiger partial charge in [0.2, 0.25) is 5.91 Å². The molecule has 5 rings (SSSR count). The fraction of sp³-hybridized carbons (Fsp3) is 0.409. The zero-order valence-corrected chi connectivity index (χ0v) is 16.8. The van der Waals surface area contributed by atoms with Gasteiger partial charge in [-0.2, -0.15) is 0 Å². The van der Waals surface area contributed by atoms with E-state index < -0.39 is 0 Å². The maximum Gasteiger partial charge on any atom is 0.228 e. The highest BCUT2D eigenvalue weighted by Gasteiger charge is 2.28. The van der Waals surface area contributed by atoms with Gasteiger partial charge in [0.15, 0.2) is 12.2 Å². The van der Waals surface area contributed by atoms with E-state index in [0.717, 1.165) is 68.6 Å². The summed E-state index contributed by atoms with van der Waals surface area (Å²) in [5.41, 5.74) is 0.943. The van der Waals surface area contributed by atoms with Crippen LogP contribution >= 0.6 is 0 Å². The molecule has 0 unspecified atom stereocenters. The molecule has 0 aliphatic carbocycles. The Morgan fingerprint density at radius 2 is 1.80 bits per heavy atom. The Labute approximate surface area is 174 Å². The number of aromatic nitrogens is 2. The van der Waals surface area contributed by atoms with Crippen molar-refractivity contribution in [1.82, 2.24) is 20.0 Å². The molecular weight excluding hydrogens is 382 g/mol. The van der Waals surface area contributed by atoms with Crippen LogP contribution in [0, 0.1) is 5.92 Å². The molecule has 2 aromatic heterocycles. The van der Waals surface area contributed by atoms with Crippen LogP contribution in [0.25, 0.3) is 22.1 Å². The number of carbonyl (C=O) groups is 1. The van der Waals surface area contributed by atoms with Crippen molar-refractivity contribution in [3.8, 4) is 11.3 Å². The van der Waals surface area contributed by atoms with Crippen LogP contribution in [0.3, 0.4) is 0 Å². The van der Waals surface area contributed by atoms with Crippen molar-refractivity contribution in [1.29, 1.82) is 0 Å². The van der Waals surface area contributed by atoms with E-state index in [0.29, 0.717) is 11.6 Å². The molecule has 1 amide bonds. The molecule has 2 aliphatic rings. The molecule has 0 radical (unpaired) electrons. The number of fused-ring (bicyclic) bond motifs is 1. The first-order valence-electron chi connectivity index (χ1n) is 10.4. The zero-order valence-electron chi connectivity index (χ0n) is 16.8. The van der Waals surface area contributed by atoms with E-state index in [9.17, 15) is 4.79 Å². The van der Waals surface area contributed by atoms with E-state index in [1.165, 1.54) is 6.39 Å². The Kier molecular flexibility index (Phi) is 5.44. The molecule has 1 N–H and O–H groups in total. The van der Waals surface area contributed by atoms with Crippen molar-refractivity contribution in [2.45, 2.75) is 12.8 Å². The number of ether oxygens (including phenoxy) is 1. The predicted molar refractivity (Wildman–Crippen MR) is 113 cm³/mol. The molecule has 0 bridgehead atoms. The van der Waals surface area contributed by atoms with Gasteiger partial charge in [-0.3, -0.25) is 4.79 Å². The van der Waals surface area contributed by atoms with Crippen LogP contribution in [0.1, 0.15) is 12.8 Å². The molecule has 4 heterocycles. The summed E-state index contributed by atoms with van der Waals surface area (Å²) in [7, 11) is 0. The fourth-order valence-corrected chi connectivity index (χ4v) is 4.20. The number of carbonyl (C=O) groups excluding carboxylic acids is 1. The average molecular weight is 407 g/mol. The van der Waals surface area contributed by atoms with Gasteiger partial charge in [0.1, 0.15) is 5.82 Å². The van der Waals surface area contributed by atoms with E-state index in [1.54, 1.807) is 12.4 Å². The summed E-state index contributed by atoms with van der Waals surface area (Å²) in [5.74, 6) is 1.36. The second-order valence-corrected chi connectivity index (χ2v) is 7.78. The first-order chi connectivity index (χ1) is 14.8. The highest BCUT2D eigenvalue weighted by atomic mass is 16.5. The van der Waals surface area contributed by atoms with Crippen molar-refractivity contribution >= 4 is 22.5 Å². The van der Waals surface area contributed by atoms with Crippen LogP contribution in [0.15, 0.2) is 47.5 Å². The lowest BCUT2D eigenvalue weighted by molar-refractivity contribution is -0.128. The maximum absolute atomic E-state index is 12.8. The monoisotopic (exact) mass is 407 g/mol. The van der Waals surface area contributed by atoms with Gasteiger partial charge >= 0.3 is 0 Å². The summed E-state index contributed by atoms with van der Waals surface area (Å²) in [6.07, 6.45) is 6.60. The van der Waals surface area contributed by atoms with E-state index in [2.05, 4.69) is 25.3 Å². The molecule has 1 aromatic carbocycles. The van der Waals surface area contributed by atoms with Gasteiger partial charge in [-0.15, -0.1) is 0 Å². The second-order valence-electron chi connectivity index (χ2n) is 7.78. The first kappa shape index (κ1) is 19.2. The van der Waals surface area contributed by atoms with Gasteiger partial charge in [0.25, 0.3) is 0 Å².